The van der Waals surface area contributed by atoms with Crippen LogP contribution in [0.15, 0.2) is 12.7 Å². The van der Waals surface area contributed by atoms with Gasteiger partial charge in [-0.1, -0.05) is 26.8 Å². The fourth-order valence-corrected chi connectivity index (χ4v) is 3.52. The van der Waals surface area contributed by atoms with E-state index in [2.05, 4.69) is 40.4 Å². The number of hydrogen-bond donors (Lipinski definition) is 0. The molecule has 1 aliphatic rings. The Morgan fingerprint density at radius 2 is 2.00 bits per heavy atom. The van der Waals surface area contributed by atoms with E-state index in [1.807, 2.05) is 19.9 Å². The van der Waals surface area contributed by atoms with Crippen molar-refractivity contribution >= 4 is 8.32 Å². The summed E-state index contributed by atoms with van der Waals surface area (Å²) >= 11 is 0. The molecular formula is C16H32O3Si. The lowest BCUT2D eigenvalue weighted by Gasteiger charge is -2.39. The third kappa shape index (κ3) is 4.99. The summed E-state index contributed by atoms with van der Waals surface area (Å²) < 4.78 is 18.0. The summed E-state index contributed by atoms with van der Waals surface area (Å²) in [6.07, 6.45) is 3.99. The molecular weight excluding hydrogens is 268 g/mol. The van der Waals surface area contributed by atoms with E-state index in [1.54, 1.807) is 0 Å². The van der Waals surface area contributed by atoms with E-state index in [9.17, 15) is 0 Å². The summed E-state index contributed by atoms with van der Waals surface area (Å²) in [7, 11) is -1.76. The van der Waals surface area contributed by atoms with Crippen LogP contribution in [0.5, 0.6) is 0 Å². The zero-order valence-electron chi connectivity index (χ0n) is 14.3. The van der Waals surface area contributed by atoms with Crippen LogP contribution >= 0.6 is 0 Å². The van der Waals surface area contributed by atoms with Gasteiger partial charge in [0.25, 0.3) is 0 Å². The summed E-state index contributed by atoms with van der Waals surface area (Å²) in [5, 5.41) is 0.221. The fraction of sp³-hybridized carbons (Fsp3) is 0.875. The molecule has 0 bridgehead atoms. The van der Waals surface area contributed by atoms with Crippen molar-refractivity contribution in [2.24, 2.45) is 0 Å². The van der Waals surface area contributed by atoms with Crippen molar-refractivity contribution in [3.05, 3.63) is 12.7 Å². The third-order valence-electron chi connectivity index (χ3n) is 4.29. The molecule has 1 fully saturated rings. The Labute approximate surface area is 125 Å². The van der Waals surface area contributed by atoms with Crippen LogP contribution in [0.3, 0.4) is 0 Å². The molecule has 0 amide bonds. The normalized spacial score (nSPS) is 24.6. The Bertz CT molecular complexity index is 331. The Hall–Kier alpha value is -0.163. The molecule has 0 unspecified atom stereocenters. The van der Waals surface area contributed by atoms with Crippen molar-refractivity contribution in [3.8, 4) is 0 Å². The molecule has 118 valence electrons. The summed E-state index contributed by atoms with van der Waals surface area (Å²) in [6, 6.07) is 0. The Morgan fingerprint density at radius 3 is 2.40 bits per heavy atom. The summed E-state index contributed by atoms with van der Waals surface area (Å²) in [4.78, 5) is 0. The zero-order valence-corrected chi connectivity index (χ0v) is 15.3. The average Bonchev–Trinajstić information content (AvgIpc) is 2.56. The monoisotopic (exact) mass is 300 g/mol. The lowest BCUT2D eigenvalue weighted by molar-refractivity contribution is -0.141. The summed E-state index contributed by atoms with van der Waals surface area (Å²) in [5.41, 5.74) is 0. The highest BCUT2D eigenvalue weighted by atomic mass is 28.4. The summed E-state index contributed by atoms with van der Waals surface area (Å²) in [6.45, 7) is 19.8. The molecule has 4 heteroatoms. The molecule has 0 saturated carbocycles. The minimum absolute atomic E-state index is 0.125. The van der Waals surface area contributed by atoms with Gasteiger partial charge in [-0.15, -0.1) is 6.58 Å². The Balaban J connectivity index is 2.64. The first kappa shape index (κ1) is 17.9. The molecule has 1 aliphatic heterocycles. The Kier molecular flexibility index (Phi) is 5.64. The van der Waals surface area contributed by atoms with Crippen molar-refractivity contribution in [3.63, 3.8) is 0 Å². The summed E-state index contributed by atoms with van der Waals surface area (Å²) in [5.74, 6) is -0.458. The first-order valence-corrected chi connectivity index (χ1v) is 10.5. The molecule has 20 heavy (non-hydrogen) atoms. The van der Waals surface area contributed by atoms with E-state index in [-0.39, 0.29) is 17.2 Å². The second kappa shape index (κ2) is 6.30. The van der Waals surface area contributed by atoms with E-state index in [1.165, 1.54) is 0 Å². The van der Waals surface area contributed by atoms with Gasteiger partial charge in [0.2, 0.25) is 0 Å². The second-order valence-electron chi connectivity index (χ2n) is 7.71. The third-order valence-corrected chi connectivity index (χ3v) is 8.83. The molecule has 0 spiro atoms. The van der Waals surface area contributed by atoms with Crippen LogP contribution < -0.4 is 0 Å². The van der Waals surface area contributed by atoms with Crippen LogP contribution in [-0.4, -0.2) is 32.9 Å². The van der Waals surface area contributed by atoms with Crippen molar-refractivity contribution in [1.29, 1.82) is 0 Å². The SMILES string of the molecule is C=CC[C@@H](C[C@H]1COC(C)(C)O1)O[Si](C)(C)C(C)(C)C. The van der Waals surface area contributed by atoms with Gasteiger partial charge < -0.3 is 13.9 Å². The average molecular weight is 301 g/mol. The maximum atomic E-state index is 6.50. The smallest absolute Gasteiger partial charge is 0.192 e. The van der Waals surface area contributed by atoms with E-state index >= 15 is 0 Å². The van der Waals surface area contributed by atoms with Crippen molar-refractivity contribution in [1.82, 2.24) is 0 Å². The van der Waals surface area contributed by atoms with Crippen molar-refractivity contribution in [2.45, 2.75) is 83.6 Å². The minimum Gasteiger partial charge on any atom is -0.414 e. The minimum atomic E-state index is -1.76. The fourth-order valence-electron chi connectivity index (χ4n) is 2.14. The van der Waals surface area contributed by atoms with Gasteiger partial charge in [-0.2, -0.15) is 0 Å². The maximum Gasteiger partial charge on any atom is 0.192 e. The molecule has 1 saturated heterocycles. The lowest BCUT2D eigenvalue weighted by atomic mass is 10.1. The first-order valence-electron chi connectivity index (χ1n) is 7.57. The molecule has 0 aromatic carbocycles. The maximum absolute atomic E-state index is 6.50. The van der Waals surface area contributed by atoms with E-state index < -0.39 is 14.1 Å². The number of hydrogen-bond acceptors (Lipinski definition) is 3. The molecule has 0 aromatic rings. The van der Waals surface area contributed by atoms with Gasteiger partial charge >= 0.3 is 0 Å². The van der Waals surface area contributed by atoms with Crippen molar-refractivity contribution in [2.75, 3.05) is 6.61 Å². The quantitative estimate of drug-likeness (QED) is 0.534. The number of rotatable bonds is 6. The molecule has 1 heterocycles. The standard InChI is InChI=1S/C16H32O3Si/c1-9-10-13(19-20(7,8)15(2,3)4)11-14-12-17-16(5,6)18-14/h9,13-14H,1,10-12H2,2-8H3/t13-,14-/m0/s1. The highest BCUT2D eigenvalue weighted by Gasteiger charge is 2.40. The first-order chi connectivity index (χ1) is 8.97. The molecule has 2 atom stereocenters. The van der Waals surface area contributed by atoms with Gasteiger partial charge in [0.1, 0.15) is 0 Å². The molecule has 1 rings (SSSR count). The van der Waals surface area contributed by atoms with Gasteiger partial charge in [-0.3, -0.25) is 0 Å². The van der Waals surface area contributed by atoms with E-state index in [4.69, 9.17) is 13.9 Å². The molecule has 0 radical (unpaired) electrons. The van der Waals surface area contributed by atoms with Crippen molar-refractivity contribution < 1.29 is 13.9 Å². The van der Waals surface area contributed by atoms with Crippen LogP contribution in [0.25, 0.3) is 0 Å². The molecule has 0 aromatic heterocycles. The topological polar surface area (TPSA) is 27.7 Å². The van der Waals surface area contributed by atoms with Crippen LogP contribution in [-0.2, 0) is 13.9 Å². The van der Waals surface area contributed by atoms with Crippen LogP contribution in [0.1, 0.15) is 47.5 Å². The lowest BCUT2D eigenvalue weighted by Crippen LogP contribution is -2.44. The highest BCUT2D eigenvalue weighted by molar-refractivity contribution is 6.74. The molecule has 0 N–H and O–H groups in total. The zero-order chi connectivity index (χ0) is 15.6. The van der Waals surface area contributed by atoms with E-state index in [0.29, 0.717) is 6.61 Å². The number of ether oxygens (including phenoxy) is 2. The second-order valence-corrected chi connectivity index (χ2v) is 12.5. The molecule has 3 nitrogen and oxygen atoms in total. The van der Waals surface area contributed by atoms with Crippen LogP contribution in [0.4, 0.5) is 0 Å². The predicted molar refractivity (Wildman–Crippen MR) is 86.4 cm³/mol. The van der Waals surface area contributed by atoms with Gasteiger partial charge in [0.15, 0.2) is 14.1 Å². The van der Waals surface area contributed by atoms with Gasteiger partial charge in [-0.25, -0.2) is 0 Å². The van der Waals surface area contributed by atoms with Gasteiger partial charge in [0.05, 0.1) is 18.8 Å². The van der Waals surface area contributed by atoms with Crippen LogP contribution in [0, 0.1) is 0 Å². The largest absolute Gasteiger partial charge is 0.414 e. The van der Waals surface area contributed by atoms with E-state index in [0.717, 1.165) is 12.8 Å². The van der Waals surface area contributed by atoms with Gasteiger partial charge in [0, 0.05) is 6.42 Å². The predicted octanol–water partition coefficient (Wildman–Crippen LogP) is 4.49. The highest BCUT2D eigenvalue weighted by Crippen LogP contribution is 2.38. The van der Waals surface area contributed by atoms with Gasteiger partial charge in [-0.05, 0) is 38.4 Å². The molecule has 0 aliphatic carbocycles. The van der Waals surface area contributed by atoms with Crippen LogP contribution in [0.2, 0.25) is 18.1 Å². The Morgan fingerprint density at radius 1 is 1.40 bits per heavy atom.